The van der Waals surface area contributed by atoms with Crippen LogP contribution in [0.2, 0.25) is 0 Å². The minimum absolute atomic E-state index is 0.0252. The van der Waals surface area contributed by atoms with Crippen LogP contribution in [-0.4, -0.2) is 53.8 Å². The number of thiophene rings is 1. The van der Waals surface area contributed by atoms with Gasteiger partial charge in [-0.15, -0.1) is 11.3 Å². The quantitative estimate of drug-likeness (QED) is 0.308. The number of fused-ring (bicyclic) bond motifs is 2. The number of benzene rings is 2. The Morgan fingerprint density at radius 1 is 0.925 bits per heavy atom. The van der Waals surface area contributed by atoms with Crippen LogP contribution in [0.5, 0.6) is 0 Å². The van der Waals surface area contributed by atoms with Crippen molar-refractivity contribution in [3.63, 3.8) is 0 Å². The lowest BCUT2D eigenvalue weighted by atomic mass is 9.95. The molecule has 9 nitrogen and oxygen atoms in total. The normalized spacial score (nSPS) is 14.8. The maximum Gasteiger partial charge on any atom is 0.341 e. The average Bonchev–Trinajstić information content (AvgIpc) is 3.45. The number of ether oxygens (including phenoxy) is 2. The van der Waals surface area contributed by atoms with Crippen LogP contribution in [0, 0.1) is 0 Å². The Morgan fingerprint density at radius 2 is 1.57 bits per heavy atom. The number of imide groups is 1. The fraction of sp³-hybridized carbons (Fsp3) is 0.300. The fourth-order valence-corrected chi connectivity index (χ4v) is 6.37. The van der Waals surface area contributed by atoms with Crippen LogP contribution >= 0.6 is 11.3 Å². The van der Waals surface area contributed by atoms with Gasteiger partial charge in [-0.3, -0.25) is 19.3 Å². The second kappa shape index (κ2) is 11.8. The molecular weight excluding hydrogens is 532 g/mol. The molecule has 10 heteroatoms. The maximum absolute atomic E-state index is 13.3. The molecule has 0 saturated carbocycles. The summed E-state index contributed by atoms with van der Waals surface area (Å²) < 4.78 is 10.6. The molecule has 40 heavy (non-hydrogen) atoms. The van der Waals surface area contributed by atoms with E-state index in [-0.39, 0.29) is 24.2 Å². The van der Waals surface area contributed by atoms with E-state index in [9.17, 15) is 24.0 Å². The van der Waals surface area contributed by atoms with Gasteiger partial charge < -0.3 is 14.8 Å². The van der Waals surface area contributed by atoms with Gasteiger partial charge in [-0.1, -0.05) is 42.5 Å². The Labute approximate surface area is 235 Å². The zero-order valence-corrected chi connectivity index (χ0v) is 22.8. The molecule has 0 saturated heterocycles. The smallest absolute Gasteiger partial charge is 0.341 e. The van der Waals surface area contributed by atoms with Gasteiger partial charge in [-0.25, -0.2) is 9.59 Å². The standard InChI is InChI=1S/C30H28N2O7S/c1-2-38-30(37)25-21-14-8-9-15-23(21)40-26(25)31-24(33)17-39-29(36)22(16-18-10-4-3-5-11-18)32-27(34)19-12-6-7-13-20(19)28(32)35/h3-7,10-13,22H,2,8-9,14-17H2,1H3,(H,31,33)/t22-/m0/s1. The third-order valence-electron chi connectivity index (χ3n) is 6.93. The molecule has 1 aromatic heterocycles. The van der Waals surface area contributed by atoms with E-state index in [1.165, 1.54) is 23.5 Å². The predicted molar refractivity (Wildman–Crippen MR) is 147 cm³/mol. The summed E-state index contributed by atoms with van der Waals surface area (Å²) in [5.74, 6) is -3.21. The lowest BCUT2D eigenvalue weighted by Gasteiger charge is -2.24. The molecule has 2 aliphatic rings. The topological polar surface area (TPSA) is 119 Å². The van der Waals surface area contributed by atoms with Gasteiger partial charge in [-0.05, 0) is 55.9 Å². The van der Waals surface area contributed by atoms with E-state index in [1.54, 1.807) is 43.3 Å². The Kier molecular flexibility index (Phi) is 8.06. The molecular formula is C30H28N2O7S. The molecule has 3 aromatic rings. The molecule has 0 radical (unpaired) electrons. The van der Waals surface area contributed by atoms with Crippen LogP contribution in [0.15, 0.2) is 54.6 Å². The first kappa shape index (κ1) is 27.3. The maximum atomic E-state index is 13.3. The van der Waals surface area contributed by atoms with Gasteiger partial charge in [0, 0.05) is 11.3 Å². The lowest BCUT2D eigenvalue weighted by molar-refractivity contribution is -0.151. The van der Waals surface area contributed by atoms with Crippen molar-refractivity contribution in [3.05, 3.63) is 87.3 Å². The van der Waals surface area contributed by atoms with Gasteiger partial charge in [0.2, 0.25) is 0 Å². The van der Waals surface area contributed by atoms with Crippen molar-refractivity contribution in [2.24, 2.45) is 0 Å². The molecule has 206 valence electrons. The van der Waals surface area contributed by atoms with Crippen molar-refractivity contribution >= 4 is 46.0 Å². The van der Waals surface area contributed by atoms with E-state index in [0.29, 0.717) is 16.1 Å². The number of aryl methyl sites for hydroxylation is 1. The van der Waals surface area contributed by atoms with Gasteiger partial charge in [0.25, 0.3) is 17.7 Å². The molecule has 0 fully saturated rings. The molecule has 3 amide bonds. The van der Waals surface area contributed by atoms with E-state index in [2.05, 4.69) is 5.32 Å². The Morgan fingerprint density at radius 3 is 2.25 bits per heavy atom. The van der Waals surface area contributed by atoms with Crippen LogP contribution in [-0.2, 0) is 38.3 Å². The summed E-state index contributed by atoms with van der Waals surface area (Å²) in [7, 11) is 0. The van der Waals surface area contributed by atoms with Crippen molar-refractivity contribution in [1.29, 1.82) is 0 Å². The number of anilines is 1. The molecule has 0 bridgehead atoms. The third kappa shape index (κ3) is 5.40. The second-order valence-electron chi connectivity index (χ2n) is 9.52. The molecule has 5 rings (SSSR count). The van der Waals surface area contributed by atoms with Gasteiger partial charge in [0.15, 0.2) is 6.61 Å². The van der Waals surface area contributed by atoms with E-state index in [1.807, 2.05) is 6.07 Å². The van der Waals surface area contributed by atoms with E-state index in [4.69, 9.17) is 9.47 Å². The fourth-order valence-electron chi connectivity index (χ4n) is 5.08. The number of carbonyl (C=O) groups excluding carboxylic acids is 5. The first-order valence-electron chi connectivity index (χ1n) is 13.2. The third-order valence-corrected chi connectivity index (χ3v) is 8.14. The average molecular weight is 561 g/mol. The Balaban J connectivity index is 1.33. The van der Waals surface area contributed by atoms with Crippen LogP contribution in [0.3, 0.4) is 0 Å². The van der Waals surface area contributed by atoms with E-state index < -0.39 is 42.3 Å². The summed E-state index contributed by atoms with van der Waals surface area (Å²) in [5.41, 5.74) is 2.40. The van der Waals surface area contributed by atoms with Gasteiger partial charge in [-0.2, -0.15) is 0 Å². The highest BCUT2D eigenvalue weighted by Crippen LogP contribution is 2.38. The van der Waals surface area contributed by atoms with Gasteiger partial charge in [0.05, 0.1) is 23.3 Å². The number of nitrogens with zero attached hydrogens (tertiary/aromatic N) is 1. The minimum atomic E-state index is -1.27. The number of carbonyl (C=O) groups is 5. The molecule has 1 aliphatic carbocycles. The second-order valence-corrected chi connectivity index (χ2v) is 10.6. The van der Waals surface area contributed by atoms with Crippen LogP contribution in [0.1, 0.15) is 66.8 Å². The monoisotopic (exact) mass is 560 g/mol. The molecule has 1 N–H and O–H groups in total. The number of amides is 3. The Hall–Kier alpha value is -4.31. The van der Waals surface area contributed by atoms with Crippen LogP contribution in [0.4, 0.5) is 5.00 Å². The molecule has 1 aliphatic heterocycles. The number of rotatable bonds is 9. The SMILES string of the molecule is CCOC(=O)c1c(NC(=O)COC(=O)[C@H](Cc2ccccc2)N2C(=O)c3ccccc3C2=O)sc2c1CCCC2. The van der Waals surface area contributed by atoms with Crippen molar-refractivity contribution in [1.82, 2.24) is 4.90 Å². The van der Waals surface area contributed by atoms with E-state index >= 15 is 0 Å². The van der Waals surface area contributed by atoms with Crippen molar-refractivity contribution in [3.8, 4) is 0 Å². The summed E-state index contributed by atoms with van der Waals surface area (Å²) in [4.78, 5) is 67.2. The molecule has 2 aromatic carbocycles. The first-order valence-corrected chi connectivity index (χ1v) is 14.0. The summed E-state index contributed by atoms with van der Waals surface area (Å²) >= 11 is 1.33. The highest BCUT2D eigenvalue weighted by atomic mass is 32.1. The summed E-state index contributed by atoms with van der Waals surface area (Å²) in [6, 6.07) is 14.0. The molecule has 2 heterocycles. The number of nitrogens with one attached hydrogen (secondary N) is 1. The highest BCUT2D eigenvalue weighted by Gasteiger charge is 2.43. The zero-order chi connectivity index (χ0) is 28.2. The first-order chi connectivity index (χ1) is 19.4. The van der Waals surface area contributed by atoms with Crippen molar-refractivity contribution < 1.29 is 33.4 Å². The van der Waals surface area contributed by atoms with E-state index in [0.717, 1.165) is 41.0 Å². The minimum Gasteiger partial charge on any atom is -0.462 e. The van der Waals surface area contributed by atoms with Crippen molar-refractivity contribution in [2.45, 2.75) is 45.1 Å². The summed E-state index contributed by atoms with van der Waals surface area (Å²) in [6.45, 7) is 1.27. The zero-order valence-electron chi connectivity index (χ0n) is 21.9. The lowest BCUT2D eigenvalue weighted by Crippen LogP contribution is -2.47. The van der Waals surface area contributed by atoms with Crippen LogP contribution in [0.25, 0.3) is 0 Å². The highest BCUT2D eigenvalue weighted by molar-refractivity contribution is 7.17. The number of hydrogen-bond acceptors (Lipinski definition) is 8. The number of esters is 2. The van der Waals surface area contributed by atoms with Gasteiger partial charge in [0.1, 0.15) is 11.0 Å². The summed E-state index contributed by atoms with van der Waals surface area (Å²) in [6.07, 6.45) is 3.52. The molecule has 1 atom stereocenters. The molecule has 0 unspecified atom stereocenters. The van der Waals surface area contributed by atoms with Crippen molar-refractivity contribution in [2.75, 3.05) is 18.5 Å². The summed E-state index contributed by atoms with van der Waals surface area (Å²) in [5, 5.41) is 3.07. The molecule has 0 spiro atoms. The Bertz CT molecular complexity index is 1450. The predicted octanol–water partition coefficient (Wildman–Crippen LogP) is 4.19. The van der Waals surface area contributed by atoms with Gasteiger partial charge >= 0.3 is 11.9 Å². The largest absolute Gasteiger partial charge is 0.462 e. The number of hydrogen-bond donors (Lipinski definition) is 1. The van der Waals surface area contributed by atoms with Crippen LogP contribution < -0.4 is 5.32 Å².